The van der Waals surface area contributed by atoms with Crippen molar-refractivity contribution in [2.45, 2.75) is 19.5 Å². The maximum atomic E-state index is 13.6. The highest BCUT2D eigenvalue weighted by Crippen LogP contribution is 2.28. The van der Waals surface area contributed by atoms with E-state index >= 15 is 0 Å². The van der Waals surface area contributed by atoms with Crippen molar-refractivity contribution in [1.29, 1.82) is 0 Å². The number of carbonyl (C=O) groups is 1. The zero-order chi connectivity index (χ0) is 24.3. The third-order valence-electron chi connectivity index (χ3n) is 5.86. The average molecular weight is 473 g/mol. The van der Waals surface area contributed by atoms with Gasteiger partial charge in [0.1, 0.15) is 11.4 Å². The van der Waals surface area contributed by atoms with Gasteiger partial charge in [-0.05, 0) is 37.6 Å². The van der Waals surface area contributed by atoms with Gasteiger partial charge < -0.3 is 9.64 Å². The van der Waals surface area contributed by atoms with E-state index in [4.69, 9.17) is 9.84 Å². The standard InChI is InChI=1S/C25H27F3N4O2/c1-18-7-9-20(10-8-18)32-16-22(23(29-32)19-5-3-6-21(15-19)34-2)24(33)31-12-4-11-30(13-14-31)17-25(26,27)28/h3,5-10,15-16H,4,11-14,17H2,1-2H3. The summed E-state index contributed by atoms with van der Waals surface area (Å²) in [6, 6.07) is 15.1. The number of aromatic nitrogens is 2. The Morgan fingerprint density at radius 1 is 1.06 bits per heavy atom. The molecule has 9 heteroatoms. The highest BCUT2D eigenvalue weighted by molar-refractivity contribution is 6.00. The molecule has 2 aromatic carbocycles. The van der Waals surface area contributed by atoms with E-state index in [0.717, 1.165) is 16.8 Å². The fourth-order valence-corrected chi connectivity index (χ4v) is 4.10. The largest absolute Gasteiger partial charge is 0.497 e. The Hall–Kier alpha value is -3.33. The van der Waals surface area contributed by atoms with E-state index < -0.39 is 12.7 Å². The Bertz CT molecular complexity index is 1140. The molecule has 4 rings (SSSR count). The van der Waals surface area contributed by atoms with E-state index in [1.54, 1.807) is 22.9 Å². The van der Waals surface area contributed by atoms with Gasteiger partial charge in [0.25, 0.3) is 5.91 Å². The third-order valence-corrected chi connectivity index (χ3v) is 5.86. The van der Waals surface area contributed by atoms with Gasteiger partial charge in [0.2, 0.25) is 0 Å². The first-order chi connectivity index (χ1) is 16.2. The first-order valence-electron chi connectivity index (χ1n) is 11.1. The van der Waals surface area contributed by atoms with Gasteiger partial charge >= 0.3 is 6.18 Å². The predicted molar refractivity (Wildman–Crippen MR) is 123 cm³/mol. The number of benzene rings is 2. The van der Waals surface area contributed by atoms with Crippen LogP contribution in [0.1, 0.15) is 22.3 Å². The molecule has 0 saturated carbocycles. The van der Waals surface area contributed by atoms with Crippen molar-refractivity contribution in [2.75, 3.05) is 39.8 Å². The van der Waals surface area contributed by atoms with Crippen LogP contribution in [0.15, 0.2) is 54.7 Å². The molecule has 0 unspecified atom stereocenters. The van der Waals surface area contributed by atoms with Crippen LogP contribution in [0.4, 0.5) is 13.2 Å². The van der Waals surface area contributed by atoms with E-state index in [2.05, 4.69) is 0 Å². The van der Waals surface area contributed by atoms with Crippen LogP contribution in [0.3, 0.4) is 0 Å². The second kappa shape index (κ2) is 9.89. The van der Waals surface area contributed by atoms with Crippen LogP contribution in [0.2, 0.25) is 0 Å². The fraction of sp³-hybridized carbons (Fsp3) is 0.360. The summed E-state index contributed by atoms with van der Waals surface area (Å²) in [6.07, 6.45) is -2.09. The molecule has 0 aliphatic carbocycles. The van der Waals surface area contributed by atoms with Crippen LogP contribution in [-0.2, 0) is 0 Å². The number of hydrogen-bond acceptors (Lipinski definition) is 4. The molecule has 0 radical (unpaired) electrons. The predicted octanol–water partition coefficient (Wildman–Crippen LogP) is 4.57. The molecule has 1 fully saturated rings. The van der Waals surface area contributed by atoms with Gasteiger partial charge in [-0.25, -0.2) is 4.68 Å². The second-order valence-corrected chi connectivity index (χ2v) is 8.44. The smallest absolute Gasteiger partial charge is 0.401 e. The number of ether oxygens (including phenoxy) is 1. The van der Waals surface area contributed by atoms with Crippen LogP contribution in [0.25, 0.3) is 16.9 Å². The summed E-state index contributed by atoms with van der Waals surface area (Å²) in [4.78, 5) is 16.6. The Balaban J connectivity index is 1.66. The zero-order valence-corrected chi connectivity index (χ0v) is 19.2. The van der Waals surface area contributed by atoms with E-state index in [0.29, 0.717) is 36.5 Å². The van der Waals surface area contributed by atoms with Crippen LogP contribution >= 0.6 is 0 Å². The quantitative estimate of drug-likeness (QED) is 0.546. The topological polar surface area (TPSA) is 50.6 Å². The van der Waals surface area contributed by atoms with Gasteiger partial charge in [-0.15, -0.1) is 0 Å². The van der Waals surface area contributed by atoms with Crippen LogP contribution in [-0.4, -0.2) is 71.5 Å². The molecule has 1 aliphatic heterocycles. The molecule has 0 bridgehead atoms. The Morgan fingerprint density at radius 2 is 1.82 bits per heavy atom. The Labute approximate surface area is 196 Å². The molecule has 1 saturated heterocycles. The number of methoxy groups -OCH3 is 1. The normalized spacial score (nSPS) is 15.3. The van der Waals surface area contributed by atoms with Gasteiger partial charge in [-0.1, -0.05) is 29.8 Å². The molecule has 0 atom stereocenters. The van der Waals surface area contributed by atoms with Gasteiger partial charge in [0, 0.05) is 37.9 Å². The van der Waals surface area contributed by atoms with Crippen LogP contribution in [0.5, 0.6) is 5.75 Å². The van der Waals surface area contributed by atoms with Gasteiger partial charge in [0.05, 0.1) is 24.9 Å². The lowest BCUT2D eigenvalue weighted by Gasteiger charge is -2.22. The SMILES string of the molecule is COc1cccc(-c2nn(-c3ccc(C)cc3)cc2C(=O)N2CCCN(CC(F)(F)F)CC2)c1. The molecule has 2 heterocycles. The minimum atomic E-state index is -4.26. The summed E-state index contributed by atoms with van der Waals surface area (Å²) in [6.45, 7) is 2.11. The lowest BCUT2D eigenvalue weighted by molar-refractivity contribution is -0.145. The molecular formula is C25H27F3N4O2. The molecular weight excluding hydrogens is 445 g/mol. The number of aryl methyl sites for hydroxylation is 1. The average Bonchev–Trinajstić information content (AvgIpc) is 3.13. The van der Waals surface area contributed by atoms with Crippen LogP contribution < -0.4 is 4.74 Å². The second-order valence-electron chi connectivity index (χ2n) is 8.44. The number of nitrogens with zero attached hydrogens (tertiary/aromatic N) is 4. The molecule has 1 amide bonds. The number of carbonyl (C=O) groups excluding carboxylic acids is 1. The van der Waals surface area contributed by atoms with Crippen molar-refractivity contribution < 1.29 is 22.7 Å². The molecule has 1 aliphatic rings. The van der Waals surface area contributed by atoms with Crippen molar-refractivity contribution in [3.05, 3.63) is 65.9 Å². The highest BCUT2D eigenvalue weighted by Gasteiger charge is 2.32. The van der Waals surface area contributed by atoms with Crippen molar-refractivity contribution in [1.82, 2.24) is 19.6 Å². The highest BCUT2D eigenvalue weighted by atomic mass is 19.4. The summed E-state index contributed by atoms with van der Waals surface area (Å²) < 4.78 is 45.5. The maximum absolute atomic E-state index is 13.6. The van der Waals surface area contributed by atoms with E-state index in [9.17, 15) is 18.0 Å². The Morgan fingerprint density at radius 3 is 2.53 bits per heavy atom. The lowest BCUT2D eigenvalue weighted by atomic mass is 10.1. The Kier molecular flexibility index (Phi) is 6.92. The maximum Gasteiger partial charge on any atom is 0.401 e. The van der Waals surface area contributed by atoms with Crippen molar-refractivity contribution >= 4 is 5.91 Å². The van der Waals surface area contributed by atoms with E-state index in [1.807, 2.05) is 55.5 Å². The van der Waals surface area contributed by atoms with E-state index in [-0.39, 0.29) is 19.0 Å². The fourth-order valence-electron chi connectivity index (χ4n) is 4.10. The summed E-state index contributed by atoms with van der Waals surface area (Å²) in [7, 11) is 1.57. The lowest BCUT2D eigenvalue weighted by Crippen LogP contribution is -2.38. The molecule has 6 nitrogen and oxygen atoms in total. The van der Waals surface area contributed by atoms with E-state index in [1.165, 1.54) is 4.90 Å². The van der Waals surface area contributed by atoms with Gasteiger partial charge in [-0.3, -0.25) is 9.69 Å². The number of rotatable bonds is 5. The molecule has 0 N–H and O–H groups in total. The molecule has 3 aromatic rings. The molecule has 180 valence electrons. The van der Waals surface area contributed by atoms with Crippen molar-refractivity contribution in [2.24, 2.45) is 0 Å². The summed E-state index contributed by atoms with van der Waals surface area (Å²) in [5.74, 6) is 0.392. The van der Waals surface area contributed by atoms with Crippen molar-refractivity contribution in [3.8, 4) is 22.7 Å². The first kappa shape index (κ1) is 23.8. The van der Waals surface area contributed by atoms with Crippen molar-refractivity contribution in [3.63, 3.8) is 0 Å². The molecule has 34 heavy (non-hydrogen) atoms. The van der Waals surface area contributed by atoms with Gasteiger partial charge in [0.15, 0.2) is 0 Å². The minimum absolute atomic E-state index is 0.172. The number of hydrogen-bond donors (Lipinski definition) is 0. The first-order valence-corrected chi connectivity index (χ1v) is 11.1. The zero-order valence-electron chi connectivity index (χ0n) is 19.2. The number of alkyl halides is 3. The monoisotopic (exact) mass is 472 g/mol. The van der Waals surface area contributed by atoms with Crippen LogP contribution in [0, 0.1) is 6.92 Å². The summed E-state index contributed by atoms with van der Waals surface area (Å²) in [5, 5.41) is 4.71. The number of amides is 1. The third kappa shape index (κ3) is 5.59. The summed E-state index contributed by atoms with van der Waals surface area (Å²) >= 11 is 0. The minimum Gasteiger partial charge on any atom is -0.497 e. The number of halogens is 3. The summed E-state index contributed by atoms with van der Waals surface area (Å²) in [5.41, 5.74) is 3.54. The molecule has 0 spiro atoms. The van der Waals surface area contributed by atoms with Gasteiger partial charge in [-0.2, -0.15) is 18.3 Å². The molecule has 1 aromatic heterocycles.